The second-order valence-electron chi connectivity index (χ2n) is 19.9. The molecule has 0 rings (SSSR count). The summed E-state index contributed by atoms with van der Waals surface area (Å²) in [5.41, 5.74) is 0. The van der Waals surface area contributed by atoms with E-state index in [0.29, 0.717) is 19.3 Å². The van der Waals surface area contributed by atoms with Gasteiger partial charge < -0.3 is 14.2 Å². The first-order valence-corrected chi connectivity index (χ1v) is 29.3. The van der Waals surface area contributed by atoms with Crippen molar-refractivity contribution in [2.75, 3.05) is 13.2 Å². The van der Waals surface area contributed by atoms with Crippen LogP contribution >= 0.6 is 0 Å². The molecule has 0 saturated carbocycles. The second kappa shape index (κ2) is 55.5. The van der Waals surface area contributed by atoms with E-state index in [9.17, 15) is 14.4 Å². The summed E-state index contributed by atoms with van der Waals surface area (Å²) < 4.78 is 16.9. The number of allylic oxidation sites excluding steroid dienone is 4. The van der Waals surface area contributed by atoms with Crippen molar-refractivity contribution in [1.82, 2.24) is 0 Å². The lowest BCUT2D eigenvalue weighted by molar-refractivity contribution is -0.167. The Hall–Kier alpha value is -2.11. The van der Waals surface area contributed by atoms with Crippen LogP contribution in [0.2, 0.25) is 0 Å². The summed E-state index contributed by atoms with van der Waals surface area (Å²) in [5, 5.41) is 0. The van der Waals surface area contributed by atoms with E-state index in [1.54, 1.807) is 0 Å². The molecule has 388 valence electrons. The average molecular weight is 930 g/mol. The molecule has 0 spiro atoms. The third-order valence-electron chi connectivity index (χ3n) is 13.2. The maximum atomic E-state index is 12.8. The Morgan fingerprint density at radius 2 is 0.545 bits per heavy atom. The number of carbonyl (C=O) groups excluding carboxylic acids is 3. The highest BCUT2D eigenvalue weighted by Crippen LogP contribution is 2.17. The highest BCUT2D eigenvalue weighted by molar-refractivity contribution is 5.71. The van der Waals surface area contributed by atoms with E-state index < -0.39 is 6.10 Å². The second-order valence-corrected chi connectivity index (χ2v) is 19.9. The molecule has 1 atom stereocenters. The molecule has 0 fully saturated rings. The van der Waals surface area contributed by atoms with E-state index in [4.69, 9.17) is 14.2 Å². The molecule has 0 bridgehead atoms. The summed E-state index contributed by atoms with van der Waals surface area (Å²) in [6, 6.07) is 0. The first kappa shape index (κ1) is 63.9. The molecule has 0 amide bonds. The van der Waals surface area contributed by atoms with Crippen LogP contribution in [0.4, 0.5) is 0 Å². The van der Waals surface area contributed by atoms with Crippen LogP contribution in [0.15, 0.2) is 24.3 Å². The van der Waals surface area contributed by atoms with Gasteiger partial charge in [0.2, 0.25) is 0 Å². The molecule has 0 aromatic rings. The van der Waals surface area contributed by atoms with Crippen LogP contribution in [0.3, 0.4) is 0 Å². The smallest absolute Gasteiger partial charge is 0.306 e. The number of hydrogen-bond acceptors (Lipinski definition) is 6. The van der Waals surface area contributed by atoms with Crippen LogP contribution in [0.5, 0.6) is 0 Å². The van der Waals surface area contributed by atoms with Crippen LogP contribution in [0, 0.1) is 0 Å². The molecular weight excluding hydrogens is 817 g/mol. The van der Waals surface area contributed by atoms with Gasteiger partial charge in [0, 0.05) is 19.3 Å². The molecule has 0 saturated heterocycles. The summed E-state index contributed by atoms with van der Waals surface area (Å²) >= 11 is 0. The molecule has 0 aliphatic carbocycles. The molecule has 0 aliphatic rings. The minimum atomic E-state index is -0.773. The quantitative estimate of drug-likeness (QED) is 0.0262. The van der Waals surface area contributed by atoms with Gasteiger partial charge in [-0.15, -0.1) is 0 Å². The molecule has 0 unspecified atom stereocenters. The average Bonchev–Trinajstić information content (AvgIpc) is 3.31. The summed E-state index contributed by atoms with van der Waals surface area (Å²) in [7, 11) is 0. The normalized spacial score (nSPS) is 12.1. The largest absolute Gasteiger partial charge is 0.462 e. The number of rotatable bonds is 54. The topological polar surface area (TPSA) is 78.9 Å². The zero-order chi connectivity index (χ0) is 47.9. The van der Waals surface area contributed by atoms with Crippen LogP contribution in [0.25, 0.3) is 0 Å². The van der Waals surface area contributed by atoms with E-state index in [1.165, 1.54) is 205 Å². The standard InChI is InChI=1S/C60H112O6/c1-4-7-10-13-16-19-22-25-28-29-30-31-33-35-38-41-44-47-50-53-59(62)65-56-57(55-64-58(61)52-49-46-43-40-37-34-27-24-21-18-15-12-9-6-3)66-60(63)54-51-48-45-42-39-36-32-26-23-20-17-14-11-8-5-2/h17,20,26,32,57H,4-16,18-19,21-25,27-31,33-56H2,1-3H3/b20-17-,32-26-/t57-/m1/s1. The molecule has 0 heterocycles. The molecule has 0 N–H and O–H groups in total. The maximum absolute atomic E-state index is 12.8. The monoisotopic (exact) mass is 929 g/mol. The van der Waals surface area contributed by atoms with Crippen LogP contribution < -0.4 is 0 Å². The number of esters is 3. The molecule has 6 nitrogen and oxygen atoms in total. The Bertz CT molecular complexity index is 1070. The molecule has 0 aromatic heterocycles. The van der Waals surface area contributed by atoms with Crippen LogP contribution in [0.1, 0.15) is 323 Å². The number of ether oxygens (including phenoxy) is 3. The van der Waals surface area contributed by atoms with E-state index in [1.807, 2.05) is 0 Å². The lowest BCUT2D eigenvalue weighted by Crippen LogP contribution is -2.30. The molecule has 6 heteroatoms. The van der Waals surface area contributed by atoms with Gasteiger partial charge in [-0.2, -0.15) is 0 Å². The zero-order valence-electron chi connectivity index (χ0n) is 44.5. The fourth-order valence-electron chi connectivity index (χ4n) is 8.77. The van der Waals surface area contributed by atoms with Crippen molar-refractivity contribution in [3.05, 3.63) is 24.3 Å². The van der Waals surface area contributed by atoms with Gasteiger partial charge in [0.15, 0.2) is 6.10 Å². The Morgan fingerprint density at radius 3 is 0.864 bits per heavy atom. The van der Waals surface area contributed by atoms with Gasteiger partial charge in [0.05, 0.1) is 0 Å². The van der Waals surface area contributed by atoms with E-state index >= 15 is 0 Å². The van der Waals surface area contributed by atoms with Crippen molar-refractivity contribution in [1.29, 1.82) is 0 Å². The highest BCUT2D eigenvalue weighted by Gasteiger charge is 2.19. The Kier molecular flexibility index (Phi) is 53.7. The van der Waals surface area contributed by atoms with Gasteiger partial charge in [-0.1, -0.05) is 276 Å². The van der Waals surface area contributed by atoms with Crippen molar-refractivity contribution >= 4 is 17.9 Å². The summed E-state index contributed by atoms with van der Waals surface area (Å²) in [4.78, 5) is 38.1. The third-order valence-corrected chi connectivity index (χ3v) is 13.2. The Labute approximate surface area is 411 Å². The minimum Gasteiger partial charge on any atom is -0.462 e. The van der Waals surface area contributed by atoms with E-state index in [0.717, 1.165) is 77.0 Å². The highest BCUT2D eigenvalue weighted by atomic mass is 16.6. The zero-order valence-corrected chi connectivity index (χ0v) is 44.5. The van der Waals surface area contributed by atoms with Gasteiger partial charge in [-0.05, 0) is 51.4 Å². The number of carbonyl (C=O) groups is 3. The molecule has 0 aromatic carbocycles. The van der Waals surface area contributed by atoms with Crippen molar-refractivity contribution in [2.45, 2.75) is 329 Å². The SMILES string of the molecule is CCCCC/C=C\C/C=C\CCCCCCCC(=O)O[C@H](COC(=O)CCCCCCCCCCCCCCCC)COC(=O)CCCCCCCCCCCCCCCCCCCCC. The lowest BCUT2D eigenvalue weighted by Gasteiger charge is -2.18. The first-order chi connectivity index (χ1) is 32.5. The van der Waals surface area contributed by atoms with Crippen molar-refractivity contribution in [3.8, 4) is 0 Å². The fraction of sp³-hybridized carbons (Fsp3) is 0.883. The molecular formula is C60H112O6. The van der Waals surface area contributed by atoms with E-state index in [2.05, 4.69) is 45.1 Å². The van der Waals surface area contributed by atoms with Crippen LogP contribution in [-0.2, 0) is 28.6 Å². The minimum absolute atomic E-state index is 0.0714. The van der Waals surface area contributed by atoms with Crippen molar-refractivity contribution in [3.63, 3.8) is 0 Å². The molecule has 0 aliphatic heterocycles. The van der Waals surface area contributed by atoms with Crippen molar-refractivity contribution < 1.29 is 28.6 Å². The molecule has 0 radical (unpaired) electrons. The van der Waals surface area contributed by atoms with Gasteiger partial charge in [0.1, 0.15) is 13.2 Å². The van der Waals surface area contributed by atoms with Gasteiger partial charge in [0.25, 0.3) is 0 Å². The first-order valence-electron chi connectivity index (χ1n) is 29.3. The Balaban J connectivity index is 4.31. The van der Waals surface area contributed by atoms with Gasteiger partial charge in [-0.3, -0.25) is 14.4 Å². The third kappa shape index (κ3) is 52.9. The van der Waals surface area contributed by atoms with Crippen molar-refractivity contribution in [2.24, 2.45) is 0 Å². The fourth-order valence-corrected chi connectivity index (χ4v) is 8.77. The van der Waals surface area contributed by atoms with Gasteiger partial charge in [-0.25, -0.2) is 0 Å². The number of hydrogen-bond donors (Lipinski definition) is 0. The summed E-state index contributed by atoms with van der Waals surface area (Å²) in [5.74, 6) is -0.863. The summed E-state index contributed by atoms with van der Waals surface area (Å²) in [6.07, 6.45) is 64.5. The summed E-state index contributed by atoms with van der Waals surface area (Å²) in [6.45, 7) is 6.66. The predicted octanol–water partition coefficient (Wildman–Crippen LogP) is 19.5. The van der Waals surface area contributed by atoms with Crippen LogP contribution in [-0.4, -0.2) is 37.2 Å². The van der Waals surface area contributed by atoms with E-state index in [-0.39, 0.29) is 31.1 Å². The number of unbranched alkanes of at least 4 members (excludes halogenated alkanes) is 39. The lowest BCUT2D eigenvalue weighted by atomic mass is 10.0. The van der Waals surface area contributed by atoms with Gasteiger partial charge >= 0.3 is 17.9 Å². The Morgan fingerprint density at radius 1 is 0.303 bits per heavy atom. The molecule has 66 heavy (non-hydrogen) atoms. The predicted molar refractivity (Wildman–Crippen MR) is 284 cm³/mol. The maximum Gasteiger partial charge on any atom is 0.306 e.